The minimum absolute atomic E-state index is 0.382. The summed E-state index contributed by atoms with van der Waals surface area (Å²) in [6.45, 7) is 3.65. The van der Waals surface area contributed by atoms with Crippen LogP contribution in [0.15, 0.2) is 22.7 Å². The van der Waals surface area contributed by atoms with Crippen molar-refractivity contribution < 1.29 is 24.5 Å². The molecule has 0 aliphatic heterocycles. The molecule has 0 aliphatic rings. The fourth-order valence-electron chi connectivity index (χ4n) is 1.84. The van der Waals surface area contributed by atoms with Crippen LogP contribution in [0, 0.1) is 6.92 Å². The number of benzene rings is 1. The average Bonchev–Trinajstić information content (AvgIpc) is 2.38. The maximum atomic E-state index is 11.2. The van der Waals surface area contributed by atoms with Crippen LogP contribution in [0.5, 0.6) is 5.75 Å². The van der Waals surface area contributed by atoms with Crippen LogP contribution in [0.1, 0.15) is 30.9 Å². The van der Waals surface area contributed by atoms with Crippen molar-refractivity contribution in [3.05, 3.63) is 33.8 Å². The van der Waals surface area contributed by atoms with E-state index in [4.69, 9.17) is 9.84 Å². The molecule has 1 unspecified atom stereocenters. The third-order valence-electron chi connectivity index (χ3n) is 2.76. The highest BCUT2D eigenvalue weighted by atomic mass is 79.9. The summed E-state index contributed by atoms with van der Waals surface area (Å²) < 4.78 is 6.36. The van der Waals surface area contributed by atoms with Crippen molar-refractivity contribution in [3.8, 4) is 5.75 Å². The Labute approximate surface area is 131 Å². The normalized spacial score (nSPS) is 12.3. The Balaban J connectivity index is 3.20. The third-order valence-corrected chi connectivity index (χ3v) is 3.22. The first-order valence-electron chi connectivity index (χ1n) is 6.45. The van der Waals surface area contributed by atoms with Crippen molar-refractivity contribution in [1.82, 2.24) is 0 Å². The first-order valence-corrected chi connectivity index (χ1v) is 7.25. The van der Waals surface area contributed by atoms with Gasteiger partial charge in [-0.15, -0.1) is 0 Å². The van der Waals surface area contributed by atoms with E-state index in [1.165, 1.54) is 6.08 Å². The summed E-state index contributed by atoms with van der Waals surface area (Å²) in [5.41, 5.74) is 1.25. The van der Waals surface area contributed by atoms with Crippen LogP contribution >= 0.6 is 15.9 Å². The summed E-state index contributed by atoms with van der Waals surface area (Å²) in [6, 6.07) is 3.48. The van der Waals surface area contributed by atoms with E-state index in [1.54, 1.807) is 19.1 Å². The lowest BCUT2D eigenvalue weighted by Gasteiger charge is -2.18. The lowest BCUT2D eigenvalue weighted by Crippen LogP contribution is -2.27. The van der Waals surface area contributed by atoms with Crippen molar-refractivity contribution >= 4 is 33.9 Å². The number of carboxylic acids is 2. The van der Waals surface area contributed by atoms with Gasteiger partial charge in [-0.05, 0) is 37.1 Å². The van der Waals surface area contributed by atoms with Gasteiger partial charge in [-0.25, -0.2) is 9.59 Å². The number of rotatable bonds is 7. The molecular formula is C15H17BrO5. The van der Waals surface area contributed by atoms with Crippen molar-refractivity contribution in [3.63, 3.8) is 0 Å². The van der Waals surface area contributed by atoms with Gasteiger partial charge in [0.05, 0.1) is 0 Å². The molecule has 6 heteroatoms. The predicted molar refractivity (Wildman–Crippen MR) is 82.5 cm³/mol. The zero-order chi connectivity index (χ0) is 16.0. The highest BCUT2D eigenvalue weighted by molar-refractivity contribution is 9.10. The zero-order valence-electron chi connectivity index (χ0n) is 11.8. The first kappa shape index (κ1) is 17.2. The smallest absolute Gasteiger partial charge is 0.344 e. The molecule has 0 amide bonds. The van der Waals surface area contributed by atoms with Crippen LogP contribution in [-0.2, 0) is 9.59 Å². The maximum Gasteiger partial charge on any atom is 0.344 e. The minimum Gasteiger partial charge on any atom is -0.479 e. The van der Waals surface area contributed by atoms with Crippen LogP contribution in [0.4, 0.5) is 0 Å². The Kier molecular flexibility index (Phi) is 6.42. The van der Waals surface area contributed by atoms with E-state index in [0.717, 1.165) is 16.1 Å². The summed E-state index contributed by atoms with van der Waals surface area (Å²) in [4.78, 5) is 21.9. The molecule has 0 aromatic heterocycles. The number of carbonyl (C=O) groups is 2. The monoisotopic (exact) mass is 356 g/mol. The molecule has 1 atom stereocenters. The van der Waals surface area contributed by atoms with E-state index in [9.17, 15) is 14.7 Å². The first-order chi connectivity index (χ1) is 9.85. The summed E-state index contributed by atoms with van der Waals surface area (Å²) in [7, 11) is 0. The lowest BCUT2D eigenvalue weighted by atomic mass is 10.1. The molecule has 1 aromatic rings. The fourth-order valence-corrected chi connectivity index (χ4v) is 2.43. The maximum absolute atomic E-state index is 11.2. The number of aliphatic carboxylic acids is 2. The summed E-state index contributed by atoms with van der Waals surface area (Å²) in [5, 5.41) is 17.9. The number of ether oxygens (including phenoxy) is 1. The van der Waals surface area contributed by atoms with Gasteiger partial charge in [0.2, 0.25) is 0 Å². The number of halogens is 1. The van der Waals surface area contributed by atoms with Gasteiger partial charge in [0, 0.05) is 16.1 Å². The summed E-state index contributed by atoms with van der Waals surface area (Å²) in [6.07, 6.45) is 2.48. The Hall–Kier alpha value is -1.82. The van der Waals surface area contributed by atoms with Crippen molar-refractivity contribution in [2.45, 2.75) is 32.8 Å². The fraction of sp³-hybridized carbons (Fsp3) is 0.333. The molecule has 0 radical (unpaired) electrons. The van der Waals surface area contributed by atoms with Crippen LogP contribution in [-0.4, -0.2) is 28.3 Å². The van der Waals surface area contributed by atoms with Gasteiger partial charge >= 0.3 is 11.9 Å². The van der Waals surface area contributed by atoms with E-state index in [-0.39, 0.29) is 0 Å². The molecule has 0 fully saturated rings. The zero-order valence-corrected chi connectivity index (χ0v) is 13.4. The predicted octanol–water partition coefficient (Wildman–Crippen LogP) is 3.49. The molecule has 1 rings (SSSR count). The highest BCUT2D eigenvalue weighted by Gasteiger charge is 2.20. The van der Waals surface area contributed by atoms with E-state index in [0.29, 0.717) is 24.2 Å². The van der Waals surface area contributed by atoms with Crippen LogP contribution in [0.25, 0.3) is 6.08 Å². The molecule has 5 nitrogen and oxygen atoms in total. The molecule has 0 saturated carbocycles. The topological polar surface area (TPSA) is 83.8 Å². The summed E-state index contributed by atoms with van der Waals surface area (Å²) >= 11 is 3.33. The van der Waals surface area contributed by atoms with E-state index in [1.807, 2.05) is 6.92 Å². The molecule has 0 aliphatic carbocycles. The van der Waals surface area contributed by atoms with Gasteiger partial charge < -0.3 is 14.9 Å². The SMILES string of the molecule is CCCC(Oc1c(C)cc(Br)cc1/C=C/C(=O)O)C(=O)O. The Morgan fingerprint density at radius 2 is 2.05 bits per heavy atom. The molecule has 21 heavy (non-hydrogen) atoms. The van der Waals surface area contributed by atoms with Crippen LogP contribution in [0.2, 0.25) is 0 Å². The van der Waals surface area contributed by atoms with Crippen molar-refractivity contribution in [2.75, 3.05) is 0 Å². The average molecular weight is 357 g/mol. The molecule has 0 spiro atoms. The van der Waals surface area contributed by atoms with Crippen LogP contribution in [0.3, 0.4) is 0 Å². The van der Waals surface area contributed by atoms with Gasteiger partial charge in [0.1, 0.15) is 5.75 Å². The second-order valence-electron chi connectivity index (χ2n) is 4.55. The second kappa shape index (κ2) is 7.83. The Morgan fingerprint density at radius 3 is 2.57 bits per heavy atom. The third kappa shape index (κ3) is 5.23. The molecule has 0 heterocycles. The Bertz CT molecular complexity index is 565. The Morgan fingerprint density at radius 1 is 1.38 bits per heavy atom. The molecule has 0 saturated heterocycles. The number of carboxylic acid groups (broad SMARTS) is 2. The summed E-state index contributed by atoms with van der Waals surface area (Å²) in [5.74, 6) is -1.73. The standard InChI is InChI=1S/C15H17BrO5/c1-3-4-12(15(19)20)21-14-9(2)7-11(16)8-10(14)5-6-13(17)18/h5-8,12H,3-4H2,1-2H3,(H,17,18)(H,19,20)/b6-5+. The molecule has 0 bridgehead atoms. The van der Waals surface area contributed by atoms with Crippen molar-refractivity contribution in [1.29, 1.82) is 0 Å². The van der Waals surface area contributed by atoms with Gasteiger partial charge in [-0.2, -0.15) is 0 Å². The largest absolute Gasteiger partial charge is 0.479 e. The number of aryl methyl sites for hydroxylation is 1. The van der Waals surface area contributed by atoms with Crippen LogP contribution < -0.4 is 4.74 Å². The number of hydrogen-bond donors (Lipinski definition) is 2. The molecule has 114 valence electrons. The minimum atomic E-state index is -1.08. The molecule has 2 N–H and O–H groups in total. The van der Waals surface area contributed by atoms with E-state index < -0.39 is 18.0 Å². The quantitative estimate of drug-likeness (QED) is 0.730. The van der Waals surface area contributed by atoms with Gasteiger partial charge in [0.25, 0.3) is 0 Å². The highest BCUT2D eigenvalue weighted by Crippen LogP contribution is 2.30. The van der Waals surface area contributed by atoms with Gasteiger partial charge in [0.15, 0.2) is 6.10 Å². The van der Waals surface area contributed by atoms with E-state index >= 15 is 0 Å². The van der Waals surface area contributed by atoms with Gasteiger partial charge in [-0.1, -0.05) is 29.3 Å². The van der Waals surface area contributed by atoms with E-state index in [2.05, 4.69) is 15.9 Å². The van der Waals surface area contributed by atoms with Crippen molar-refractivity contribution in [2.24, 2.45) is 0 Å². The lowest BCUT2D eigenvalue weighted by molar-refractivity contribution is -0.145. The molecular weight excluding hydrogens is 340 g/mol. The second-order valence-corrected chi connectivity index (χ2v) is 5.46. The molecule has 1 aromatic carbocycles. The van der Waals surface area contributed by atoms with Gasteiger partial charge in [-0.3, -0.25) is 0 Å². The number of hydrogen-bond acceptors (Lipinski definition) is 3.